The fraction of sp³-hybridized carbons (Fsp3) is 0.222. The summed E-state index contributed by atoms with van der Waals surface area (Å²) in [4.78, 5) is 15.6. The van der Waals surface area contributed by atoms with Gasteiger partial charge in [0.15, 0.2) is 11.3 Å². The van der Waals surface area contributed by atoms with Crippen molar-refractivity contribution >= 4 is 16.8 Å². The molecule has 3 heterocycles. The fourth-order valence-electron chi connectivity index (χ4n) is 1.44. The highest BCUT2D eigenvalue weighted by molar-refractivity contribution is 5.70. The van der Waals surface area contributed by atoms with Gasteiger partial charge in [-0.2, -0.15) is 14.6 Å². The smallest absolute Gasteiger partial charge is 0.398 e. The minimum Gasteiger partial charge on any atom is -0.450 e. The Morgan fingerprint density at radius 2 is 2.35 bits per heavy atom. The molecule has 0 atom stereocenters. The summed E-state index contributed by atoms with van der Waals surface area (Å²) in [5, 5.41) is 11.6. The van der Waals surface area contributed by atoms with E-state index in [0.29, 0.717) is 12.3 Å². The van der Waals surface area contributed by atoms with Crippen LogP contribution in [0.2, 0.25) is 0 Å². The second-order valence-electron chi connectivity index (χ2n) is 3.17. The quantitative estimate of drug-likeness (QED) is 0.615. The van der Waals surface area contributed by atoms with E-state index in [0.717, 1.165) is 0 Å². The lowest BCUT2D eigenvalue weighted by molar-refractivity contribution is 0.229. The van der Waals surface area contributed by atoms with Gasteiger partial charge in [-0.15, -0.1) is 10.2 Å². The maximum atomic E-state index is 11.6. The van der Waals surface area contributed by atoms with Crippen LogP contribution >= 0.6 is 0 Å². The maximum Gasteiger partial charge on any atom is 0.398 e. The molecule has 0 aliphatic rings. The fourth-order valence-corrected chi connectivity index (χ4v) is 1.44. The molecule has 3 aromatic rings. The molecule has 0 bridgehead atoms. The van der Waals surface area contributed by atoms with Crippen molar-refractivity contribution in [1.82, 2.24) is 24.8 Å². The SMILES string of the molecule is CCOc1nc2c(nnc3ccnn32)c(=O)o1. The van der Waals surface area contributed by atoms with E-state index in [4.69, 9.17) is 9.15 Å². The lowest BCUT2D eigenvalue weighted by Crippen LogP contribution is -2.10. The van der Waals surface area contributed by atoms with E-state index in [2.05, 4.69) is 20.3 Å². The van der Waals surface area contributed by atoms with Crippen molar-refractivity contribution in [2.24, 2.45) is 0 Å². The van der Waals surface area contributed by atoms with Crippen LogP contribution in [-0.2, 0) is 0 Å². The van der Waals surface area contributed by atoms with Gasteiger partial charge in [0.05, 0.1) is 12.8 Å². The van der Waals surface area contributed by atoms with Crippen LogP contribution in [0.3, 0.4) is 0 Å². The zero-order valence-corrected chi connectivity index (χ0v) is 8.82. The van der Waals surface area contributed by atoms with Gasteiger partial charge in [-0.3, -0.25) is 0 Å². The molecule has 8 nitrogen and oxygen atoms in total. The number of ether oxygens (including phenoxy) is 1. The lowest BCUT2D eigenvalue weighted by Gasteiger charge is -2.01. The van der Waals surface area contributed by atoms with Crippen molar-refractivity contribution in [1.29, 1.82) is 0 Å². The molecular formula is C9H7N5O3. The molecular weight excluding hydrogens is 226 g/mol. The first-order valence-corrected chi connectivity index (χ1v) is 4.93. The Hall–Kier alpha value is -2.51. The largest absolute Gasteiger partial charge is 0.450 e. The minimum atomic E-state index is -0.650. The first-order chi connectivity index (χ1) is 8.29. The Bertz CT molecular complexity index is 747. The summed E-state index contributed by atoms with van der Waals surface area (Å²) in [6, 6.07) is 1.66. The van der Waals surface area contributed by atoms with Gasteiger partial charge in [0.2, 0.25) is 5.52 Å². The highest BCUT2D eigenvalue weighted by Crippen LogP contribution is 2.10. The highest BCUT2D eigenvalue weighted by atomic mass is 16.6. The normalized spacial score (nSPS) is 11.1. The number of nitrogens with zero attached hydrogens (tertiary/aromatic N) is 5. The molecule has 8 heteroatoms. The predicted octanol–water partition coefficient (Wildman–Crippen LogP) is 0.0244. The molecule has 0 saturated heterocycles. The Morgan fingerprint density at radius 3 is 3.18 bits per heavy atom. The molecule has 3 rings (SSSR count). The highest BCUT2D eigenvalue weighted by Gasteiger charge is 2.12. The van der Waals surface area contributed by atoms with Gasteiger partial charge in [0.1, 0.15) is 0 Å². The van der Waals surface area contributed by atoms with Gasteiger partial charge >= 0.3 is 11.7 Å². The standard InChI is InChI=1S/C9H7N5O3/c1-2-16-9-11-7-6(8(15)17-9)13-12-5-3-4-10-14(5)7/h3-4H,2H2,1H3. The molecule has 86 valence electrons. The Morgan fingerprint density at radius 1 is 1.47 bits per heavy atom. The molecule has 0 saturated carbocycles. The maximum absolute atomic E-state index is 11.6. The number of fused-ring (bicyclic) bond motifs is 3. The second kappa shape index (κ2) is 3.51. The summed E-state index contributed by atoms with van der Waals surface area (Å²) in [6.07, 6.45) is 1.44. The molecule has 0 N–H and O–H groups in total. The minimum absolute atomic E-state index is 0.0182. The topological polar surface area (TPSA) is 95.4 Å². The van der Waals surface area contributed by atoms with E-state index >= 15 is 0 Å². The van der Waals surface area contributed by atoms with E-state index < -0.39 is 5.63 Å². The molecule has 0 aliphatic heterocycles. The Kier molecular flexibility index (Phi) is 2.00. The summed E-state index contributed by atoms with van der Waals surface area (Å²) in [5.41, 5.74) is 0.130. The monoisotopic (exact) mass is 233 g/mol. The zero-order valence-electron chi connectivity index (χ0n) is 8.82. The first kappa shape index (κ1) is 9.70. The molecule has 0 unspecified atom stereocenters. The van der Waals surface area contributed by atoms with Gasteiger partial charge in [0.25, 0.3) is 0 Å². The van der Waals surface area contributed by atoms with Crippen molar-refractivity contribution in [2.75, 3.05) is 6.61 Å². The van der Waals surface area contributed by atoms with Gasteiger partial charge in [-0.05, 0) is 6.92 Å². The molecule has 3 aromatic heterocycles. The average molecular weight is 233 g/mol. The van der Waals surface area contributed by atoms with Crippen molar-refractivity contribution < 1.29 is 9.15 Å². The second-order valence-corrected chi connectivity index (χ2v) is 3.17. The molecule has 0 fully saturated rings. The Balaban J connectivity index is 2.43. The van der Waals surface area contributed by atoms with Crippen LogP contribution < -0.4 is 10.4 Å². The van der Waals surface area contributed by atoms with Gasteiger partial charge in [0, 0.05) is 6.07 Å². The van der Waals surface area contributed by atoms with Gasteiger partial charge < -0.3 is 9.15 Å². The molecule has 0 aliphatic carbocycles. The number of hydrogen-bond donors (Lipinski definition) is 0. The van der Waals surface area contributed by atoms with Crippen molar-refractivity contribution in [2.45, 2.75) is 6.92 Å². The van der Waals surface area contributed by atoms with Gasteiger partial charge in [-0.1, -0.05) is 0 Å². The van der Waals surface area contributed by atoms with Crippen molar-refractivity contribution in [3.63, 3.8) is 0 Å². The third-order valence-electron chi connectivity index (χ3n) is 2.13. The van der Waals surface area contributed by atoms with Crippen LogP contribution in [0, 0.1) is 0 Å². The van der Waals surface area contributed by atoms with Gasteiger partial charge in [-0.25, -0.2) is 4.79 Å². The van der Waals surface area contributed by atoms with Crippen LogP contribution in [0.1, 0.15) is 6.92 Å². The van der Waals surface area contributed by atoms with Crippen molar-refractivity contribution in [3.05, 3.63) is 22.7 Å². The molecule has 0 spiro atoms. The summed E-state index contributed by atoms with van der Waals surface area (Å²) < 4.78 is 11.3. The number of aromatic nitrogens is 5. The predicted molar refractivity (Wildman–Crippen MR) is 55.8 cm³/mol. The summed E-state index contributed by atoms with van der Waals surface area (Å²) in [5.74, 6) is 0. The van der Waals surface area contributed by atoms with Crippen LogP contribution in [0.15, 0.2) is 21.5 Å². The Labute approximate surface area is 93.9 Å². The van der Waals surface area contributed by atoms with Crippen LogP contribution in [0.25, 0.3) is 16.8 Å². The lowest BCUT2D eigenvalue weighted by atomic mass is 10.5. The molecule has 0 amide bonds. The third kappa shape index (κ3) is 1.41. The van der Waals surface area contributed by atoms with E-state index in [1.54, 1.807) is 19.2 Å². The average Bonchev–Trinajstić information content (AvgIpc) is 2.77. The van der Waals surface area contributed by atoms with E-state index in [1.165, 1.54) is 4.52 Å². The number of hydrogen-bond acceptors (Lipinski definition) is 7. The molecule has 17 heavy (non-hydrogen) atoms. The van der Waals surface area contributed by atoms with Crippen LogP contribution in [-0.4, -0.2) is 31.4 Å². The summed E-state index contributed by atoms with van der Waals surface area (Å²) in [6.45, 7) is 2.11. The number of rotatable bonds is 2. The van der Waals surface area contributed by atoms with E-state index in [-0.39, 0.29) is 17.2 Å². The van der Waals surface area contributed by atoms with Crippen LogP contribution in [0.5, 0.6) is 6.08 Å². The van der Waals surface area contributed by atoms with Crippen LogP contribution in [0.4, 0.5) is 0 Å². The van der Waals surface area contributed by atoms with Crippen molar-refractivity contribution in [3.8, 4) is 6.08 Å². The zero-order chi connectivity index (χ0) is 11.8. The van der Waals surface area contributed by atoms with E-state index in [1.807, 2.05) is 0 Å². The molecule has 0 aromatic carbocycles. The summed E-state index contributed by atoms with van der Waals surface area (Å²) in [7, 11) is 0. The first-order valence-electron chi connectivity index (χ1n) is 4.93. The summed E-state index contributed by atoms with van der Waals surface area (Å²) >= 11 is 0. The molecule has 0 radical (unpaired) electrons. The van der Waals surface area contributed by atoms with E-state index in [9.17, 15) is 4.79 Å². The third-order valence-corrected chi connectivity index (χ3v) is 2.13.